The summed E-state index contributed by atoms with van der Waals surface area (Å²) in [4.78, 5) is 17.0. The summed E-state index contributed by atoms with van der Waals surface area (Å²) >= 11 is 1.33. The third kappa shape index (κ3) is 4.57. The fraction of sp³-hybridized carbons (Fsp3) is 0.278. The van der Waals surface area contributed by atoms with E-state index < -0.39 is 17.7 Å². The Hall–Kier alpha value is -2.72. The molecule has 3 aromatic rings. The molecule has 6 nitrogen and oxygen atoms in total. The van der Waals surface area contributed by atoms with Crippen molar-refractivity contribution in [1.82, 2.24) is 14.8 Å². The second-order valence-electron chi connectivity index (χ2n) is 5.53. The number of alkyl halides is 3. The predicted molar refractivity (Wildman–Crippen MR) is 96.4 cm³/mol. The minimum Gasteiger partial charge on any atom is -0.457 e. The van der Waals surface area contributed by atoms with Gasteiger partial charge in [-0.1, -0.05) is 12.1 Å². The van der Waals surface area contributed by atoms with Gasteiger partial charge in [0, 0.05) is 6.61 Å². The summed E-state index contributed by atoms with van der Waals surface area (Å²) in [5.41, 5.74) is -0.683. The highest BCUT2D eigenvalue weighted by molar-refractivity contribution is 7.13. The van der Waals surface area contributed by atoms with Crippen molar-refractivity contribution >= 4 is 17.3 Å². The molecule has 3 rings (SSSR count). The van der Waals surface area contributed by atoms with Crippen LogP contribution < -0.4 is 0 Å². The topological polar surface area (TPSA) is 66.2 Å². The first-order chi connectivity index (χ1) is 13.4. The second kappa shape index (κ2) is 8.53. The van der Waals surface area contributed by atoms with Crippen LogP contribution in [0.4, 0.5) is 13.2 Å². The molecule has 0 radical (unpaired) electrons. The zero-order valence-electron chi connectivity index (χ0n) is 14.8. The first-order valence-electron chi connectivity index (χ1n) is 8.33. The quantitative estimate of drug-likeness (QED) is 0.431. The monoisotopic (exact) mass is 411 g/mol. The number of halogens is 3. The van der Waals surface area contributed by atoms with Gasteiger partial charge in [-0.2, -0.15) is 18.2 Å². The lowest BCUT2D eigenvalue weighted by molar-refractivity contribution is -0.137. The van der Waals surface area contributed by atoms with Crippen molar-refractivity contribution in [1.29, 1.82) is 0 Å². The van der Waals surface area contributed by atoms with E-state index >= 15 is 0 Å². The molecule has 0 saturated carbocycles. The molecule has 148 valence electrons. The lowest BCUT2D eigenvalue weighted by atomic mass is 10.2. The van der Waals surface area contributed by atoms with E-state index in [-0.39, 0.29) is 30.5 Å². The summed E-state index contributed by atoms with van der Waals surface area (Å²) in [7, 11) is 0. The molecular formula is C18H16F3N3O3S. The van der Waals surface area contributed by atoms with E-state index in [0.29, 0.717) is 11.5 Å². The van der Waals surface area contributed by atoms with Crippen molar-refractivity contribution in [3.05, 3.63) is 53.2 Å². The number of nitrogens with zero attached hydrogens (tertiary/aromatic N) is 3. The summed E-state index contributed by atoms with van der Waals surface area (Å²) in [5.74, 6) is -0.758. The fourth-order valence-electron chi connectivity index (χ4n) is 2.36. The summed E-state index contributed by atoms with van der Waals surface area (Å²) in [5, 5.41) is 5.88. The van der Waals surface area contributed by atoms with Crippen LogP contribution in [0.5, 0.6) is 0 Å². The van der Waals surface area contributed by atoms with Crippen LogP contribution in [0.15, 0.2) is 41.8 Å². The van der Waals surface area contributed by atoms with Crippen molar-refractivity contribution in [2.45, 2.75) is 13.1 Å². The van der Waals surface area contributed by atoms with Gasteiger partial charge in [-0.25, -0.2) is 9.48 Å². The highest BCUT2D eigenvalue weighted by Crippen LogP contribution is 2.32. The Morgan fingerprint density at radius 3 is 2.71 bits per heavy atom. The normalized spacial score (nSPS) is 11.6. The maximum absolute atomic E-state index is 13.1. The molecule has 0 atom stereocenters. The van der Waals surface area contributed by atoms with E-state index in [9.17, 15) is 18.0 Å². The van der Waals surface area contributed by atoms with E-state index in [2.05, 4.69) is 10.1 Å². The smallest absolute Gasteiger partial charge is 0.416 e. The van der Waals surface area contributed by atoms with Gasteiger partial charge in [0.05, 0.1) is 22.7 Å². The molecule has 10 heteroatoms. The number of hydrogen-bond donors (Lipinski definition) is 0. The lowest BCUT2D eigenvalue weighted by Gasteiger charge is -2.09. The van der Waals surface area contributed by atoms with Crippen molar-refractivity contribution in [2.75, 3.05) is 19.8 Å². The number of esters is 1. The molecule has 28 heavy (non-hydrogen) atoms. The number of carbonyl (C=O) groups excluding carboxylic acids is 1. The molecule has 2 heterocycles. The summed E-state index contributed by atoms with van der Waals surface area (Å²) in [6.07, 6.45) is -4.50. The van der Waals surface area contributed by atoms with Crippen LogP contribution in [0.2, 0.25) is 0 Å². The molecule has 2 aromatic heterocycles. The average Bonchev–Trinajstić information content (AvgIpc) is 3.34. The van der Waals surface area contributed by atoms with Gasteiger partial charge in [0.25, 0.3) is 5.82 Å². The van der Waals surface area contributed by atoms with Gasteiger partial charge in [0.2, 0.25) is 0 Å². The van der Waals surface area contributed by atoms with Crippen molar-refractivity contribution < 1.29 is 27.4 Å². The second-order valence-corrected chi connectivity index (χ2v) is 6.48. The number of carbonyl (C=O) groups is 1. The van der Waals surface area contributed by atoms with Crippen LogP contribution in [-0.2, 0) is 15.7 Å². The third-order valence-corrected chi connectivity index (χ3v) is 4.48. The van der Waals surface area contributed by atoms with Gasteiger partial charge in [0.15, 0.2) is 5.82 Å². The van der Waals surface area contributed by atoms with Crippen LogP contribution in [0, 0.1) is 0 Å². The molecule has 0 aliphatic carbocycles. The standard InChI is InChI=1S/C18H16F3N3O3S/c1-2-26-8-9-27-17(25)15-22-16(14-7-4-10-28-14)24(23-15)13-6-3-5-12(11-13)18(19,20)21/h3-7,10-11H,2,8-9H2,1H3. The zero-order chi connectivity index (χ0) is 20.1. The Morgan fingerprint density at radius 1 is 1.21 bits per heavy atom. The Labute approximate surface area is 162 Å². The van der Waals surface area contributed by atoms with Gasteiger partial charge in [-0.3, -0.25) is 0 Å². The maximum Gasteiger partial charge on any atom is 0.416 e. The number of ether oxygens (including phenoxy) is 2. The summed E-state index contributed by atoms with van der Waals surface area (Å²) in [6, 6.07) is 8.17. The van der Waals surface area contributed by atoms with E-state index in [0.717, 1.165) is 12.1 Å². The zero-order valence-corrected chi connectivity index (χ0v) is 15.6. The van der Waals surface area contributed by atoms with Crippen LogP contribution in [0.3, 0.4) is 0 Å². The number of rotatable bonds is 7. The van der Waals surface area contributed by atoms with Gasteiger partial charge >= 0.3 is 12.1 Å². The molecule has 1 aromatic carbocycles. The van der Waals surface area contributed by atoms with Crippen molar-refractivity contribution in [3.63, 3.8) is 0 Å². The predicted octanol–water partition coefficient (Wildman–Crippen LogP) is 4.21. The fourth-order valence-corrected chi connectivity index (χ4v) is 3.06. The molecular weight excluding hydrogens is 395 g/mol. The Balaban J connectivity index is 1.96. The molecule has 0 aliphatic heterocycles. The minimum absolute atomic E-state index is 0.0269. The number of aromatic nitrogens is 3. The first-order valence-corrected chi connectivity index (χ1v) is 9.21. The van der Waals surface area contributed by atoms with E-state index in [1.165, 1.54) is 28.2 Å². The van der Waals surface area contributed by atoms with E-state index in [1.807, 2.05) is 6.92 Å². The Kier molecular flexibility index (Phi) is 6.10. The number of benzene rings is 1. The molecule has 0 amide bonds. The highest BCUT2D eigenvalue weighted by atomic mass is 32.1. The summed E-state index contributed by atoms with van der Waals surface area (Å²) in [6.45, 7) is 2.56. The van der Waals surface area contributed by atoms with Gasteiger partial charge in [-0.15, -0.1) is 16.4 Å². The van der Waals surface area contributed by atoms with Crippen LogP contribution in [0.25, 0.3) is 16.4 Å². The average molecular weight is 411 g/mol. The van der Waals surface area contributed by atoms with Crippen LogP contribution in [-0.4, -0.2) is 40.6 Å². The maximum atomic E-state index is 13.1. The van der Waals surface area contributed by atoms with E-state index in [4.69, 9.17) is 9.47 Å². The molecule has 0 unspecified atom stereocenters. The van der Waals surface area contributed by atoms with Crippen LogP contribution >= 0.6 is 11.3 Å². The summed E-state index contributed by atoms with van der Waals surface area (Å²) < 4.78 is 50.5. The van der Waals surface area contributed by atoms with Crippen LogP contribution in [0.1, 0.15) is 23.1 Å². The highest BCUT2D eigenvalue weighted by Gasteiger charge is 2.31. The SMILES string of the molecule is CCOCCOC(=O)c1nc(-c2cccs2)n(-c2cccc(C(F)(F)F)c2)n1. The molecule has 0 bridgehead atoms. The number of hydrogen-bond acceptors (Lipinski definition) is 6. The van der Waals surface area contributed by atoms with Crippen molar-refractivity contribution in [3.8, 4) is 16.4 Å². The first kappa shape index (κ1) is 20.0. The Morgan fingerprint density at radius 2 is 2.04 bits per heavy atom. The molecule has 0 aliphatic rings. The van der Waals surface area contributed by atoms with Gasteiger partial charge in [0.1, 0.15) is 6.61 Å². The molecule has 0 spiro atoms. The largest absolute Gasteiger partial charge is 0.457 e. The van der Waals surface area contributed by atoms with Gasteiger partial charge in [-0.05, 0) is 36.6 Å². The Bertz CT molecular complexity index is 939. The number of thiophene rings is 1. The van der Waals surface area contributed by atoms with E-state index in [1.54, 1.807) is 17.5 Å². The molecule has 0 fully saturated rings. The van der Waals surface area contributed by atoms with Crippen molar-refractivity contribution in [2.24, 2.45) is 0 Å². The third-order valence-electron chi connectivity index (χ3n) is 3.61. The lowest BCUT2D eigenvalue weighted by Crippen LogP contribution is -2.12. The minimum atomic E-state index is -4.50. The molecule has 0 saturated heterocycles. The van der Waals surface area contributed by atoms with Gasteiger partial charge < -0.3 is 9.47 Å². The molecule has 0 N–H and O–H groups in total.